The Hall–Kier alpha value is -6.20. The number of benzene rings is 7. The van der Waals surface area contributed by atoms with Crippen molar-refractivity contribution in [1.29, 1.82) is 0 Å². The molecule has 7 aromatic carbocycles. The van der Waals surface area contributed by atoms with Crippen LogP contribution in [0.15, 0.2) is 118 Å². The second-order valence-electron chi connectivity index (χ2n) is 26.6. The Bertz CT molecular complexity index is 3790. The molecule has 0 radical (unpaired) electrons. The Morgan fingerprint density at radius 2 is 0.972 bits per heavy atom. The molecule has 1 N–H and O–H groups in total. The van der Waals surface area contributed by atoms with E-state index in [1.807, 2.05) is 0 Å². The summed E-state index contributed by atoms with van der Waals surface area (Å²) in [7, 11) is 0.731. The number of hydrogen-bond acceptors (Lipinski definition) is 4. The summed E-state index contributed by atoms with van der Waals surface area (Å²) in [5.41, 5.74) is 24.9. The molecule has 0 unspecified atom stereocenters. The van der Waals surface area contributed by atoms with E-state index in [-0.39, 0.29) is 32.5 Å². The third kappa shape index (κ3) is 6.70. The SMILES string of the molecule is Cc1cc2c(cc1N1c3cc4c(cc3Bc3c1cc1oc5ccccc5c1c3-c1cc3c(cc1Nc1ccc5c(c1)C(C)(C)CCC5(C)C)C(C)(C)CCC3(C)C)oc1ccccc14)C(C)(C)CCC2(C)C. The summed E-state index contributed by atoms with van der Waals surface area (Å²) in [5.74, 6) is 0. The van der Waals surface area contributed by atoms with Crippen molar-refractivity contribution in [2.45, 2.75) is 161 Å². The largest absolute Gasteiger partial charge is 0.456 e. The topological polar surface area (TPSA) is 41.6 Å². The van der Waals surface area contributed by atoms with Gasteiger partial charge in [-0.1, -0.05) is 137 Å². The standard InChI is InChI=1S/C67H71BN2O2/c1-38-30-45-49(67(12,13)29-26-63(45,4)5)35-52(38)70-53-33-42-40-18-14-16-20-55(40)71-57(42)36-50(53)68-61-54(70)37-58-59(41-19-15-17-21-56(41)72-58)60(61)43-32-47-48(66(10,11)28-27-65(47,8)9)34-51(43)69-39-22-23-44-46(31-39)64(6,7)25-24-62(44,2)3/h14-23,30-37,68-69H,24-29H2,1-13H3. The van der Waals surface area contributed by atoms with Gasteiger partial charge in [-0.15, -0.1) is 0 Å². The molecule has 0 amide bonds. The molecule has 3 aliphatic carbocycles. The van der Waals surface area contributed by atoms with Crippen LogP contribution in [0.5, 0.6) is 0 Å². The number of furan rings is 2. The van der Waals surface area contributed by atoms with Gasteiger partial charge in [-0.05, 0) is 183 Å². The van der Waals surface area contributed by atoms with Crippen LogP contribution in [0.2, 0.25) is 0 Å². The lowest BCUT2D eigenvalue weighted by Gasteiger charge is -2.44. The third-order valence-electron chi connectivity index (χ3n) is 19.0. The van der Waals surface area contributed by atoms with Crippen LogP contribution in [-0.2, 0) is 32.5 Å². The minimum absolute atomic E-state index is 0.00939. The Balaban J connectivity index is 1.14. The maximum Gasteiger partial charge on any atom is 0.198 e. The molecule has 4 aliphatic rings. The summed E-state index contributed by atoms with van der Waals surface area (Å²) in [6.45, 7) is 31.7. The molecule has 3 heterocycles. The predicted molar refractivity (Wildman–Crippen MR) is 308 cm³/mol. The average Bonchev–Trinajstić information content (AvgIpc) is 3.89. The van der Waals surface area contributed by atoms with Crippen molar-refractivity contribution in [3.05, 3.63) is 148 Å². The quantitative estimate of drug-likeness (QED) is 0.179. The molecule has 5 heteroatoms. The first-order valence-electron chi connectivity index (χ1n) is 27.0. The van der Waals surface area contributed by atoms with Crippen molar-refractivity contribution < 1.29 is 8.83 Å². The van der Waals surface area contributed by atoms with E-state index in [0.717, 1.165) is 76.4 Å². The van der Waals surface area contributed by atoms with E-state index < -0.39 is 0 Å². The number of para-hydroxylation sites is 2. The van der Waals surface area contributed by atoms with Crippen molar-refractivity contribution in [3.63, 3.8) is 0 Å². The number of fused-ring (bicyclic) bond motifs is 11. The molecule has 2 aromatic heterocycles. The summed E-state index contributed by atoms with van der Waals surface area (Å²) in [6, 6.07) is 41.9. The molecule has 0 saturated carbocycles. The predicted octanol–water partition coefficient (Wildman–Crippen LogP) is 17.4. The van der Waals surface area contributed by atoms with Crippen molar-refractivity contribution in [1.82, 2.24) is 0 Å². The maximum atomic E-state index is 7.14. The fourth-order valence-electron chi connectivity index (χ4n) is 14.0. The monoisotopic (exact) mass is 947 g/mol. The highest BCUT2D eigenvalue weighted by atomic mass is 16.3. The van der Waals surface area contributed by atoms with Gasteiger partial charge < -0.3 is 19.1 Å². The highest BCUT2D eigenvalue weighted by Crippen LogP contribution is 2.55. The van der Waals surface area contributed by atoms with Gasteiger partial charge in [-0.25, -0.2) is 0 Å². The van der Waals surface area contributed by atoms with Crippen molar-refractivity contribution in [2.75, 3.05) is 10.2 Å². The van der Waals surface area contributed by atoms with Gasteiger partial charge in [-0.3, -0.25) is 0 Å². The van der Waals surface area contributed by atoms with E-state index in [1.54, 1.807) is 0 Å². The lowest BCUT2D eigenvalue weighted by molar-refractivity contribution is 0.332. The molecule has 72 heavy (non-hydrogen) atoms. The van der Waals surface area contributed by atoms with Gasteiger partial charge in [0.25, 0.3) is 0 Å². The van der Waals surface area contributed by atoms with E-state index in [0.29, 0.717) is 0 Å². The summed E-state index contributed by atoms with van der Waals surface area (Å²) in [6.07, 6.45) is 6.95. The van der Waals surface area contributed by atoms with Crippen LogP contribution in [0.4, 0.5) is 28.4 Å². The second-order valence-corrected chi connectivity index (χ2v) is 26.6. The van der Waals surface area contributed by atoms with E-state index in [1.165, 1.54) is 103 Å². The van der Waals surface area contributed by atoms with Crippen LogP contribution in [0, 0.1) is 6.92 Å². The Labute approximate surface area is 427 Å². The first-order valence-corrected chi connectivity index (χ1v) is 27.0. The van der Waals surface area contributed by atoms with Gasteiger partial charge in [0.05, 0.1) is 0 Å². The van der Waals surface area contributed by atoms with E-state index in [9.17, 15) is 0 Å². The van der Waals surface area contributed by atoms with Crippen LogP contribution in [0.3, 0.4) is 0 Å². The molecular weight excluding hydrogens is 876 g/mol. The van der Waals surface area contributed by atoms with Crippen LogP contribution < -0.4 is 21.1 Å². The highest BCUT2D eigenvalue weighted by molar-refractivity contribution is 6.74. The van der Waals surface area contributed by atoms with Crippen LogP contribution in [-0.4, -0.2) is 7.28 Å². The van der Waals surface area contributed by atoms with E-state index in [2.05, 4.69) is 209 Å². The molecule has 0 fully saturated rings. The Morgan fingerprint density at radius 3 is 1.62 bits per heavy atom. The molecular formula is C67H71BN2O2. The zero-order valence-electron chi connectivity index (χ0n) is 45.1. The zero-order chi connectivity index (χ0) is 50.2. The summed E-state index contributed by atoms with van der Waals surface area (Å²) in [4.78, 5) is 2.62. The molecule has 0 saturated heterocycles. The van der Waals surface area contributed by atoms with E-state index >= 15 is 0 Å². The normalized spacial score (nSPS) is 19.6. The Kier molecular flexibility index (Phi) is 9.48. The van der Waals surface area contributed by atoms with Gasteiger partial charge in [0, 0.05) is 61.6 Å². The van der Waals surface area contributed by atoms with Crippen molar-refractivity contribution in [2.24, 2.45) is 0 Å². The van der Waals surface area contributed by atoms with Crippen LogP contribution >= 0.6 is 0 Å². The molecule has 13 rings (SSSR count). The third-order valence-corrected chi connectivity index (χ3v) is 19.0. The molecule has 0 atom stereocenters. The number of anilines is 5. The number of hydrogen-bond donors (Lipinski definition) is 1. The van der Waals surface area contributed by atoms with Gasteiger partial charge in [0.15, 0.2) is 7.28 Å². The van der Waals surface area contributed by atoms with Gasteiger partial charge in [-0.2, -0.15) is 0 Å². The number of nitrogens with zero attached hydrogens (tertiary/aromatic N) is 1. The molecule has 4 nitrogen and oxygen atoms in total. The maximum absolute atomic E-state index is 7.14. The number of nitrogens with one attached hydrogen (secondary N) is 1. The number of aryl methyl sites for hydroxylation is 1. The van der Waals surface area contributed by atoms with Crippen LogP contribution in [0.1, 0.15) is 161 Å². The summed E-state index contributed by atoms with van der Waals surface area (Å²) < 4.78 is 13.9. The highest BCUT2D eigenvalue weighted by Gasteiger charge is 2.42. The van der Waals surface area contributed by atoms with Crippen molar-refractivity contribution >= 4 is 90.5 Å². The zero-order valence-corrected chi connectivity index (χ0v) is 45.1. The molecule has 0 bridgehead atoms. The minimum atomic E-state index is -0.0155. The fourth-order valence-corrected chi connectivity index (χ4v) is 14.0. The lowest BCUT2D eigenvalue weighted by atomic mass is 9.57. The van der Waals surface area contributed by atoms with Gasteiger partial charge >= 0.3 is 0 Å². The molecule has 0 spiro atoms. The first kappa shape index (κ1) is 45.7. The molecule has 364 valence electrons. The van der Waals surface area contributed by atoms with Crippen LogP contribution in [0.25, 0.3) is 55.0 Å². The fraction of sp³-hybridized carbons (Fsp3) is 0.373. The molecule has 1 aliphatic heterocycles. The smallest absolute Gasteiger partial charge is 0.198 e. The first-order chi connectivity index (χ1) is 34.0. The molecule has 9 aromatic rings. The van der Waals surface area contributed by atoms with Gasteiger partial charge in [0.1, 0.15) is 22.3 Å². The van der Waals surface area contributed by atoms with Crippen molar-refractivity contribution in [3.8, 4) is 11.1 Å². The minimum Gasteiger partial charge on any atom is -0.456 e. The average molecular weight is 947 g/mol. The number of rotatable bonds is 4. The summed E-state index contributed by atoms with van der Waals surface area (Å²) >= 11 is 0. The van der Waals surface area contributed by atoms with E-state index in [4.69, 9.17) is 8.83 Å². The van der Waals surface area contributed by atoms with Gasteiger partial charge in [0.2, 0.25) is 0 Å². The lowest BCUT2D eigenvalue weighted by Crippen LogP contribution is -2.41. The second kappa shape index (κ2) is 15.0. The summed E-state index contributed by atoms with van der Waals surface area (Å²) in [5, 5.41) is 8.82. The Morgan fingerprint density at radius 1 is 0.444 bits per heavy atom.